The Morgan fingerprint density at radius 3 is 2.50 bits per heavy atom. The van der Waals surface area contributed by atoms with Gasteiger partial charge in [-0.05, 0) is 44.5 Å². The van der Waals surface area contributed by atoms with Gasteiger partial charge < -0.3 is 20.1 Å². The maximum absolute atomic E-state index is 12.0. The van der Waals surface area contributed by atoms with E-state index in [0.717, 1.165) is 31.8 Å². The number of amides is 1. The number of hydrogen-bond acceptors (Lipinski definition) is 4. The lowest BCUT2D eigenvalue weighted by Crippen LogP contribution is -2.44. The Morgan fingerprint density at radius 1 is 1.25 bits per heavy atom. The van der Waals surface area contributed by atoms with E-state index in [0.29, 0.717) is 26.1 Å². The van der Waals surface area contributed by atoms with Crippen molar-refractivity contribution in [3.63, 3.8) is 0 Å². The zero-order valence-corrected chi connectivity index (χ0v) is 15.4. The van der Waals surface area contributed by atoms with Gasteiger partial charge in [-0.3, -0.25) is 4.79 Å². The van der Waals surface area contributed by atoms with Gasteiger partial charge in [0.25, 0.3) is 0 Å². The predicted octanol–water partition coefficient (Wildman–Crippen LogP) is 2.28. The Kier molecular flexibility index (Phi) is 9.11. The van der Waals surface area contributed by atoms with E-state index in [1.807, 2.05) is 26.1 Å². The molecule has 1 saturated heterocycles. The van der Waals surface area contributed by atoms with Gasteiger partial charge >= 0.3 is 0 Å². The molecule has 136 valence electrons. The number of nitrogens with one attached hydrogen (secondary N) is 2. The molecule has 1 fully saturated rings. The van der Waals surface area contributed by atoms with Gasteiger partial charge in [-0.15, -0.1) is 12.4 Å². The van der Waals surface area contributed by atoms with Gasteiger partial charge in [0.05, 0.1) is 6.61 Å². The van der Waals surface area contributed by atoms with E-state index in [9.17, 15) is 4.79 Å². The predicted molar refractivity (Wildman–Crippen MR) is 98.1 cm³/mol. The van der Waals surface area contributed by atoms with Crippen LogP contribution in [0.4, 0.5) is 0 Å². The fourth-order valence-electron chi connectivity index (χ4n) is 3.00. The zero-order valence-electron chi connectivity index (χ0n) is 14.6. The third kappa shape index (κ3) is 5.65. The molecule has 0 radical (unpaired) electrons. The maximum Gasteiger partial charge on any atom is 0.221 e. The summed E-state index contributed by atoms with van der Waals surface area (Å²) in [5.41, 5.74) is 1.20. The van der Waals surface area contributed by atoms with E-state index in [4.69, 9.17) is 9.47 Å². The van der Waals surface area contributed by atoms with Crippen LogP contribution < -0.4 is 15.4 Å². The summed E-state index contributed by atoms with van der Waals surface area (Å²) in [5.74, 6) is 0.979. The van der Waals surface area contributed by atoms with Gasteiger partial charge in [-0.1, -0.05) is 12.1 Å². The quantitative estimate of drug-likeness (QED) is 0.750. The Bertz CT molecular complexity index is 488. The average Bonchev–Trinajstić information content (AvgIpc) is 2.60. The number of rotatable bonds is 8. The van der Waals surface area contributed by atoms with Gasteiger partial charge in [-0.25, -0.2) is 0 Å². The Hall–Kier alpha value is -1.30. The first-order valence-corrected chi connectivity index (χ1v) is 8.42. The Balaban J connectivity index is 0.00000288. The van der Waals surface area contributed by atoms with Crippen molar-refractivity contribution in [1.29, 1.82) is 0 Å². The van der Waals surface area contributed by atoms with E-state index in [1.54, 1.807) is 0 Å². The molecule has 2 N–H and O–H groups in total. The molecule has 0 aromatic heterocycles. The number of carbonyl (C=O) groups excluding carboxylic acids is 1. The van der Waals surface area contributed by atoms with Gasteiger partial charge in [-0.2, -0.15) is 0 Å². The van der Waals surface area contributed by atoms with E-state index in [-0.39, 0.29) is 23.7 Å². The minimum atomic E-state index is -0.0434. The van der Waals surface area contributed by atoms with Crippen molar-refractivity contribution in [1.82, 2.24) is 10.6 Å². The van der Waals surface area contributed by atoms with Crippen molar-refractivity contribution in [3.05, 3.63) is 29.8 Å². The molecule has 0 bridgehead atoms. The fraction of sp³-hybridized carbons (Fsp3) is 0.611. The lowest BCUT2D eigenvalue weighted by molar-refractivity contribution is -0.121. The molecule has 24 heavy (non-hydrogen) atoms. The summed E-state index contributed by atoms with van der Waals surface area (Å²) in [7, 11) is 1.85. The SMILES string of the molecule is CCOc1ccc(C2(CNC(=O)CCNC)CCOCC2)cc1.Cl. The molecule has 0 atom stereocenters. The van der Waals surface area contributed by atoms with Crippen molar-refractivity contribution in [3.8, 4) is 5.75 Å². The summed E-state index contributed by atoms with van der Waals surface area (Å²) in [5, 5.41) is 6.10. The highest BCUT2D eigenvalue weighted by atomic mass is 35.5. The lowest BCUT2D eigenvalue weighted by Gasteiger charge is -2.38. The third-order valence-electron chi connectivity index (χ3n) is 4.45. The fourth-order valence-corrected chi connectivity index (χ4v) is 3.00. The van der Waals surface area contributed by atoms with Crippen LogP contribution in [0.25, 0.3) is 0 Å². The molecule has 0 saturated carbocycles. The van der Waals surface area contributed by atoms with Crippen molar-refractivity contribution >= 4 is 18.3 Å². The number of halogens is 1. The van der Waals surface area contributed by atoms with Crippen LogP contribution in [0.2, 0.25) is 0 Å². The molecule has 1 aromatic rings. The van der Waals surface area contributed by atoms with E-state index >= 15 is 0 Å². The minimum absolute atomic E-state index is 0. The summed E-state index contributed by atoms with van der Waals surface area (Å²) >= 11 is 0. The van der Waals surface area contributed by atoms with Crippen LogP contribution in [0, 0.1) is 0 Å². The molecule has 1 aliphatic heterocycles. The molecule has 5 nitrogen and oxygen atoms in total. The molecule has 1 amide bonds. The molecule has 6 heteroatoms. The average molecular weight is 357 g/mol. The summed E-state index contributed by atoms with van der Waals surface area (Å²) in [6.45, 7) is 5.48. The zero-order chi connectivity index (χ0) is 16.5. The second-order valence-electron chi connectivity index (χ2n) is 5.98. The first-order chi connectivity index (χ1) is 11.2. The molecule has 2 rings (SSSR count). The Morgan fingerprint density at radius 2 is 1.92 bits per heavy atom. The molecular weight excluding hydrogens is 328 g/mol. The van der Waals surface area contributed by atoms with Crippen LogP contribution in [0.15, 0.2) is 24.3 Å². The molecule has 0 aliphatic carbocycles. The van der Waals surface area contributed by atoms with Crippen molar-refractivity contribution in [2.75, 3.05) is 40.0 Å². The van der Waals surface area contributed by atoms with Crippen LogP contribution in [0.3, 0.4) is 0 Å². The highest BCUT2D eigenvalue weighted by molar-refractivity contribution is 5.85. The number of ether oxygens (including phenoxy) is 2. The lowest BCUT2D eigenvalue weighted by atomic mass is 9.74. The van der Waals surface area contributed by atoms with E-state index in [2.05, 4.69) is 22.8 Å². The standard InChI is InChI=1S/C18H28N2O3.ClH/c1-3-23-16-6-4-15(5-7-16)18(9-12-22-13-10-18)14-20-17(21)8-11-19-2;/h4-7,19H,3,8-14H2,1-2H3,(H,20,21);1H. The van der Waals surface area contributed by atoms with Crippen LogP contribution >= 0.6 is 12.4 Å². The molecule has 0 spiro atoms. The van der Waals surface area contributed by atoms with Crippen molar-refractivity contribution in [2.45, 2.75) is 31.6 Å². The second kappa shape index (κ2) is 10.5. The first-order valence-electron chi connectivity index (χ1n) is 8.42. The Labute approximate surface area is 150 Å². The van der Waals surface area contributed by atoms with Crippen LogP contribution in [-0.4, -0.2) is 45.9 Å². The summed E-state index contributed by atoms with van der Waals surface area (Å²) < 4.78 is 11.1. The molecule has 1 heterocycles. The normalized spacial score (nSPS) is 16.1. The maximum atomic E-state index is 12.0. The van der Waals surface area contributed by atoms with Crippen molar-refractivity contribution in [2.24, 2.45) is 0 Å². The third-order valence-corrected chi connectivity index (χ3v) is 4.45. The molecule has 1 aromatic carbocycles. The summed E-state index contributed by atoms with van der Waals surface area (Å²) in [4.78, 5) is 12.0. The van der Waals surface area contributed by atoms with Gasteiger partial charge in [0.2, 0.25) is 5.91 Å². The highest BCUT2D eigenvalue weighted by Gasteiger charge is 2.34. The van der Waals surface area contributed by atoms with Gasteiger partial charge in [0.1, 0.15) is 5.75 Å². The second-order valence-corrected chi connectivity index (χ2v) is 5.98. The smallest absolute Gasteiger partial charge is 0.221 e. The topological polar surface area (TPSA) is 59.6 Å². The number of carbonyl (C=O) groups is 1. The summed E-state index contributed by atoms with van der Waals surface area (Å²) in [6.07, 6.45) is 2.35. The number of benzene rings is 1. The molecule has 1 aliphatic rings. The highest BCUT2D eigenvalue weighted by Crippen LogP contribution is 2.35. The minimum Gasteiger partial charge on any atom is -0.494 e. The molecular formula is C18H29ClN2O3. The van der Waals surface area contributed by atoms with E-state index < -0.39 is 0 Å². The first kappa shape index (κ1) is 20.7. The monoisotopic (exact) mass is 356 g/mol. The van der Waals surface area contributed by atoms with Crippen LogP contribution in [0.1, 0.15) is 31.7 Å². The van der Waals surface area contributed by atoms with Gasteiger partial charge in [0, 0.05) is 38.1 Å². The van der Waals surface area contributed by atoms with Crippen LogP contribution in [0.5, 0.6) is 5.75 Å². The van der Waals surface area contributed by atoms with Gasteiger partial charge in [0.15, 0.2) is 0 Å². The van der Waals surface area contributed by atoms with E-state index in [1.165, 1.54) is 5.56 Å². The van der Waals surface area contributed by atoms with Crippen LogP contribution in [-0.2, 0) is 14.9 Å². The largest absolute Gasteiger partial charge is 0.494 e. The number of hydrogen-bond donors (Lipinski definition) is 2. The summed E-state index contributed by atoms with van der Waals surface area (Å²) in [6, 6.07) is 8.27. The molecule has 0 unspecified atom stereocenters. The van der Waals surface area contributed by atoms with Crippen molar-refractivity contribution < 1.29 is 14.3 Å².